The summed E-state index contributed by atoms with van der Waals surface area (Å²) in [7, 11) is -4.54. The largest absolute Gasteiger partial charge is 0.269 e. The molecule has 0 unspecified atom stereocenters. The number of benzene rings is 2. The predicted octanol–water partition coefficient (Wildman–Crippen LogP) is 1.74. The zero-order valence-electron chi connectivity index (χ0n) is 15.3. The molecule has 1 heterocycles. The van der Waals surface area contributed by atoms with Crippen LogP contribution in [-0.4, -0.2) is 46.7 Å². The summed E-state index contributed by atoms with van der Waals surface area (Å²) in [5.74, 6) is -0.383. The number of anilines is 1. The highest BCUT2D eigenvalue weighted by atomic mass is 32.2. The van der Waals surface area contributed by atoms with E-state index in [0.29, 0.717) is 23.2 Å². The Hall–Kier alpha value is -2.50. The van der Waals surface area contributed by atoms with Crippen molar-refractivity contribution in [1.29, 1.82) is 0 Å². The molecule has 2 aromatic rings. The first-order chi connectivity index (χ1) is 13.0. The van der Waals surface area contributed by atoms with Crippen LogP contribution in [0.25, 0.3) is 0 Å². The highest BCUT2D eigenvalue weighted by molar-refractivity contribution is 7.92. The van der Waals surface area contributed by atoms with E-state index in [1.165, 1.54) is 60.9 Å². The molecule has 1 aliphatic rings. The summed E-state index contributed by atoms with van der Waals surface area (Å²) < 4.78 is 52.6. The lowest BCUT2D eigenvalue weighted by Gasteiger charge is -2.20. The lowest BCUT2D eigenvalue weighted by Crippen LogP contribution is -2.30. The smallest absolute Gasteiger partial charge is 0.269 e. The average Bonchev–Trinajstić information content (AvgIpc) is 3.05. The molecule has 0 N–H and O–H groups in total. The predicted molar refractivity (Wildman–Crippen MR) is 104 cm³/mol. The number of nitrogens with zero attached hydrogens (tertiary/aromatic N) is 3. The molecule has 0 aromatic heterocycles. The van der Waals surface area contributed by atoms with Crippen LogP contribution in [0, 0.1) is 10.1 Å². The maximum atomic E-state index is 12.9. The standard InChI is InChI=1S/C17H19N3O6S2/c1-18(2)28(25,26)16-6-7-17-14(11-16)8-9-19(17)27(23,24)12-13-4-3-5-15(10-13)20(21)22/h3-7,10-11H,8-9,12H2,1-2H3. The van der Waals surface area contributed by atoms with Gasteiger partial charge in [0.05, 0.1) is 21.3 Å². The van der Waals surface area contributed by atoms with E-state index in [1.54, 1.807) is 0 Å². The second kappa shape index (κ2) is 7.15. The first-order valence-corrected chi connectivity index (χ1v) is 11.4. The summed E-state index contributed by atoms with van der Waals surface area (Å²) in [5, 5.41) is 10.9. The summed E-state index contributed by atoms with van der Waals surface area (Å²) >= 11 is 0. The SMILES string of the molecule is CN(C)S(=O)(=O)c1ccc2c(c1)CCN2S(=O)(=O)Cc1cccc([N+](=O)[O-])c1. The first-order valence-electron chi connectivity index (χ1n) is 8.31. The molecule has 150 valence electrons. The van der Waals surface area contributed by atoms with E-state index < -0.39 is 25.0 Å². The fourth-order valence-electron chi connectivity index (χ4n) is 3.06. The zero-order chi connectivity index (χ0) is 20.7. The van der Waals surface area contributed by atoms with Gasteiger partial charge in [-0.05, 0) is 35.7 Å². The van der Waals surface area contributed by atoms with Crippen molar-refractivity contribution in [3.63, 3.8) is 0 Å². The molecule has 0 saturated heterocycles. The highest BCUT2D eigenvalue weighted by Gasteiger charge is 2.31. The highest BCUT2D eigenvalue weighted by Crippen LogP contribution is 2.33. The van der Waals surface area contributed by atoms with Crippen LogP contribution in [0.4, 0.5) is 11.4 Å². The van der Waals surface area contributed by atoms with E-state index in [-0.39, 0.29) is 22.9 Å². The van der Waals surface area contributed by atoms with Crippen LogP contribution in [0.5, 0.6) is 0 Å². The fraction of sp³-hybridized carbons (Fsp3) is 0.294. The van der Waals surface area contributed by atoms with Crippen molar-refractivity contribution < 1.29 is 21.8 Å². The average molecular weight is 425 g/mol. The van der Waals surface area contributed by atoms with Crippen LogP contribution in [0.15, 0.2) is 47.4 Å². The van der Waals surface area contributed by atoms with Gasteiger partial charge in [-0.2, -0.15) is 0 Å². The van der Waals surface area contributed by atoms with E-state index >= 15 is 0 Å². The number of fused-ring (bicyclic) bond motifs is 1. The van der Waals surface area contributed by atoms with Gasteiger partial charge in [-0.25, -0.2) is 21.1 Å². The van der Waals surface area contributed by atoms with Crippen molar-refractivity contribution in [2.75, 3.05) is 24.9 Å². The molecule has 0 amide bonds. The molecule has 28 heavy (non-hydrogen) atoms. The van der Waals surface area contributed by atoms with Gasteiger partial charge in [0.2, 0.25) is 20.0 Å². The van der Waals surface area contributed by atoms with Gasteiger partial charge in [-0.3, -0.25) is 14.4 Å². The number of hydrogen-bond donors (Lipinski definition) is 0. The Morgan fingerprint density at radius 2 is 1.82 bits per heavy atom. The minimum absolute atomic E-state index is 0.106. The van der Waals surface area contributed by atoms with Crippen molar-refractivity contribution >= 4 is 31.4 Å². The second-order valence-corrected chi connectivity index (χ2v) is 10.6. The lowest BCUT2D eigenvalue weighted by atomic mass is 10.2. The minimum Gasteiger partial charge on any atom is -0.269 e. The number of nitro benzene ring substituents is 1. The van der Waals surface area contributed by atoms with Crippen molar-refractivity contribution in [3.8, 4) is 0 Å². The molecule has 11 heteroatoms. The Bertz CT molecular complexity index is 1140. The van der Waals surface area contributed by atoms with Crippen molar-refractivity contribution in [2.24, 2.45) is 0 Å². The summed E-state index contributed by atoms with van der Waals surface area (Å²) in [6.45, 7) is 0.193. The summed E-state index contributed by atoms with van der Waals surface area (Å²) in [5.41, 5.74) is 1.20. The third-order valence-corrected chi connectivity index (χ3v) is 8.05. The number of sulfonamides is 2. The Labute approximate surface area is 163 Å². The van der Waals surface area contributed by atoms with Gasteiger partial charge in [0.15, 0.2) is 0 Å². The van der Waals surface area contributed by atoms with Crippen LogP contribution in [0.1, 0.15) is 11.1 Å². The number of nitro groups is 1. The van der Waals surface area contributed by atoms with Crippen LogP contribution >= 0.6 is 0 Å². The number of non-ortho nitro benzene ring substituents is 1. The molecule has 1 aliphatic heterocycles. The third kappa shape index (κ3) is 3.73. The van der Waals surface area contributed by atoms with Crippen LogP contribution in [0.2, 0.25) is 0 Å². The van der Waals surface area contributed by atoms with E-state index in [1.807, 2.05) is 0 Å². The van der Waals surface area contributed by atoms with Crippen LogP contribution in [-0.2, 0) is 32.2 Å². The van der Waals surface area contributed by atoms with Crippen molar-refractivity contribution in [1.82, 2.24) is 4.31 Å². The Morgan fingerprint density at radius 1 is 1.11 bits per heavy atom. The summed E-state index contributed by atoms with van der Waals surface area (Å²) in [4.78, 5) is 10.4. The van der Waals surface area contributed by atoms with E-state index in [0.717, 1.165) is 4.31 Å². The monoisotopic (exact) mass is 425 g/mol. The van der Waals surface area contributed by atoms with Crippen molar-refractivity contribution in [2.45, 2.75) is 17.1 Å². The van der Waals surface area contributed by atoms with Crippen LogP contribution in [0.3, 0.4) is 0 Å². The first kappa shape index (κ1) is 20.2. The van der Waals surface area contributed by atoms with Gasteiger partial charge in [0.25, 0.3) is 5.69 Å². The molecule has 0 spiro atoms. The normalized spacial score (nSPS) is 14.3. The van der Waals surface area contributed by atoms with Gasteiger partial charge >= 0.3 is 0 Å². The molecule has 2 aromatic carbocycles. The van der Waals surface area contributed by atoms with E-state index in [9.17, 15) is 26.9 Å². The topological polar surface area (TPSA) is 118 Å². The van der Waals surface area contributed by atoms with E-state index in [2.05, 4.69) is 0 Å². The Morgan fingerprint density at radius 3 is 2.46 bits per heavy atom. The number of hydrogen-bond acceptors (Lipinski definition) is 6. The van der Waals surface area contributed by atoms with Gasteiger partial charge < -0.3 is 0 Å². The van der Waals surface area contributed by atoms with Gasteiger partial charge in [0.1, 0.15) is 0 Å². The molecule has 0 saturated carbocycles. The van der Waals surface area contributed by atoms with Gasteiger partial charge in [-0.15, -0.1) is 0 Å². The molecular weight excluding hydrogens is 406 g/mol. The maximum Gasteiger partial charge on any atom is 0.269 e. The van der Waals surface area contributed by atoms with Gasteiger partial charge in [-0.1, -0.05) is 12.1 Å². The minimum atomic E-state index is -3.78. The molecule has 0 atom stereocenters. The maximum absolute atomic E-state index is 12.9. The summed E-state index contributed by atoms with van der Waals surface area (Å²) in [6, 6.07) is 9.87. The lowest BCUT2D eigenvalue weighted by molar-refractivity contribution is -0.384. The van der Waals surface area contributed by atoms with E-state index in [4.69, 9.17) is 0 Å². The summed E-state index contributed by atoms with van der Waals surface area (Å²) in [6.07, 6.45) is 0.389. The van der Waals surface area contributed by atoms with Gasteiger partial charge in [0, 0.05) is 32.8 Å². The second-order valence-electron chi connectivity index (χ2n) is 6.58. The number of rotatable bonds is 6. The Balaban J connectivity index is 1.91. The third-order valence-electron chi connectivity index (χ3n) is 4.49. The molecular formula is C17H19N3O6S2. The molecule has 0 radical (unpaired) electrons. The fourth-order valence-corrected chi connectivity index (χ4v) is 5.61. The Kier molecular flexibility index (Phi) is 5.17. The molecule has 9 nitrogen and oxygen atoms in total. The molecule has 0 aliphatic carbocycles. The van der Waals surface area contributed by atoms with Crippen molar-refractivity contribution in [3.05, 3.63) is 63.7 Å². The molecule has 0 bridgehead atoms. The molecule has 3 rings (SSSR count). The van der Waals surface area contributed by atoms with Crippen LogP contribution < -0.4 is 4.31 Å². The quantitative estimate of drug-likeness (QED) is 0.514. The molecule has 0 fully saturated rings. The zero-order valence-corrected chi connectivity index (χ0v) is 16.9.